The van der Waals surface area contributed by atoms with E-state index in [1.165, 1.54) is 12.1 Å². The van der Waals surface area contributed by atoms with Gasteiger partial charge >= 0.3 is 0 Å². The minimum Gasteiger partial charge on any atom is -0.344 e. The predicted molar refractivity (Wildman–Crippen MR) is 108 cm³/mol. The lowest BCUT2D eigenvalue weighted by molar-refractivity contribution is -0.121. The largest absolute Gasteiger partial charge is 0.344 e. The Morgan fingerprint density at radius 2 is 1.34 bits per heavy atom. The van der Waals surface area contributed by atoms with E-state index in [4.69, 9.17) is 0 Å². The Hall–Kier alpha value is -3.45. The third kappa shape index (κ3) is 3.52. The van der Waals surface area contributed by atoms with Gasteiger partial charge in [-0.25, -0.2) is 12.7 Å². The summed E-state index contributed by atoms with van der Waals surface area (Å²) < 4.78 is 26.0. The molecule has 0 radical (unpaired) electrons. The topological polar surface area (TPSA) is 83.6 Å². The first-order valence-electron chi connectivity index (χ1n) is 9.04. The number of hydrogen-bond donors (Lipinski definition) is 1. The molecule has 3 aromatic carbocycles. The molecule has 0 bridgehead atoms. The summed E-state index contributed by atoms with van der Waals surface area (Å²) in [7, 11) is -4.03. The number of carbonyl (C=O) groups excluding carboxylic acids is 2. The van der Waals surface area contributed by atoms with Crippen LogP contribution in [0.25, 0.3) is 0 Å². The van der Waals surface area contributed by atoms with Crippen molar-refractivity contribution in [3.8, 4) is 0 Å². The molecule has 3 aromatic rings. The highest BCUT2D eigenvalue weighted by Crippen LogP contribution is 2.30. The zero-order chi connectivity index (χ0) is 20.4. The van der Waals surface area contributed by atoms with Gasteiger partial charge in [-0.2, -0.15) is 0 Å². The highest BCUT2D eigenvalue weighted by molar-refractivity contribution is 7.90. The minimum absolute atomic E-state index is 0.0690. The standard InChI is InChI=1S/C22H18N2O4S/c25-20(15-24-22(26)18-13-7-8-14-19(18)29(24,27)28)23-21(16-9-3-1-4-10-16)17-11-5-2-6-12-17/h1-14,21H,15H2,(H,23,25). The molecule has 7 heteroatoms. The SMILES string of the molecule is O=C(CN1C(=O)c2ccccc2S1(=O)=O)NC(c1ccccc1)c1ccccc1. The number of rotatable bonds is 5. The number of benzene rings is 3. The molecule has 0 unspecified atom stereocenters. The first kappa shape index (κ1) is 18.9. The Labute approximate surface area is 168 Å². The van der Waals surface area contributed by atoms with Gasteiger partial charge in [0, 0.05) is 0 Å². The summed E-state index contributed by atoms with van der Waals surface area (Å²) >= 11 is 0. The Bertz CT molecular complexity index is 1120. The number of nitrogens with zero attached hydrogens (tertiary/aromatic N) is 1. The van der Waals surface area contributed by atoms with E-state index in [-0.39, 0.29) is 10.5 Å². The summed E-state index contributed by atoms with van der Waals surface area (Å²) in [5.41, 5.74) is 1.79. The molecule has 0 aromatic heterocycles. The quantitative estimate of drug-likeness (QED) is 0.706. The van der Waals surface area contributed by atoms with Crippen molar-refractivity contribution >= 4 is 21.8 Å². The lowest BCUT2D eigenvalue weighted by Gasteiger charge is -2.22. The van der Waals surface area contributed by atoms with E-state index < -0.39 is 34.4 Å². The molecule has 1 heterocycles. The van der Waals surface area contributed by atoms with Crippen LogP contribution < -0.4 is 5.32 Å². The van der Waals surface area contributed by atoms with E-state index in [9.17, 15) is 18.0 Å². The fourth-order valence-corrected chi connectivity index (χ4v) is 4.90. The number of amides is 2. The number of fused-ring (bicyclic) bond motifs is 1. The van der Waals surface area contributed by atoms with Crippen LogP contribution >= 0.6 is 0 Å². The molecule has 0 atom stereocenters. The Balaban J connectivity index is 1.59. The second-order valence-electron chi connectivity index (χ2n) is 6.63. The Morgan fingerprint density at radius 1 is 0.828 bits per heavy atom. The van der Waals surface area contributed by atoms with Crippen molar-refractivity contribution in [2.75, 3.05) is 6.54 Å². The monoisotopic (exact) mass is 406 g/mol. The van der Waals surface area contributed by atoms with E-state index in [0.717, 1.165) is 11.1 Å². The zero-order valence-corrected chi connectivity index (χ0v) is 16.2. The van der Waals surface area contributed by atoms with Crippen LogP contribution in [0.15, 0.2) is 89.8 Å². The van der Waals surface area contributed by atoms with Crippen molar-refractivity contribution in [3.63, 3.8) is 0 Å². The first-order valence-corrected chi connectivity index (χ1v) is 10.5. The van der Waals surface area contributed by atoms with E-state index in [0.29, 0.717) is 4.31 Å². The van der Waals surface area contributed by atoms with E-state index in [1.807, 2.05) is 60.7 Å². The van der Waals surface area contributed by atoms with Crippen LogP contribution in [0.5, 0.6) is 0 Å². The fraction of sp³-hybridized carbons (Fsp3) is 0.0909. The van der Waals surface area contributed by atoms with E-state index >= 15 is 0 Å². The summed E-state index contributed by atoms with van der Waals surface area (Å²) in [6.07, 6.45) is 0. The lowest BCUT2D eigenvalue weighted by atomic mass is 9.99. The summed E-state index contributed by atoms with van der Waals surface area (Å²) in [6, 6.07) is 24.2. The molecular formula is C22H18N2O4S. The maximum atomic E-state index is 12.8. The van der Waals surface area contributed by atoms with E-state index in [2.05, 4.69) is 5.32 Å². The molecule has 0 saturated heterocycles. The maximum Gasteiger partial charge on any atom is 0.269 e. The molecular weight excluding hydrogens is 388 g/mol. The van der Waals surface area contributed by atoms with E-state index in [1.54, 1.807) is 12.1 Å². The number of carbonyl (C=O) groups is 2. The molecule has 2 amide bonds. The molecule has 0 aliphatic carbocycles. The summed E-state index contributed by atoms with van der Waals surface area (Å²) in [5, 5.41) is 2.86. The van der Waals surface area contributed by atoms with Crippen LogP contribution in [-0.2, 0) is 14.8 Å². The molecule has 0 saturated carbocycles. The molecule has 4 rings (SSSR count). The van der Waals surface area contributed by atoms with Gasteiger partial charge in [-0.15, -0.1) is 0 Å². The first-order chi connectivity index (χ1) is 14.0. The Kier molecular flexibility index (Phi) is 4.90. The average Bonchev–Trinajstić information content (AvgIpc) is 2.94. The van der Waals surface area contributed by atoms with Crippen molar-refractivity contribution in [3.05, 3.63) is 102 Å². The predicted octanol–water partition coefficient (Wildman–Crippen LogP) is 2.74. The number of nitrogens with one attached hydrogen (secondary N) is 1. The molecule has 146 valence electrons. The van der Waals surface area contributed by atoms with Gasteiger partial charge in [0.25, 0.3) is 15.9 Å². The summed E-state index contributed by atoms with van der Waals surface area (Å²) in [4.78, 5) is 25.2. The van der Waals surface area contributed by atoms with Crippen LogP contribution in [-0.4, -0.2) is 31.1 Å². The van der Waals surface area contributed by atoms with Crippen molar-refractivity contribution in [2.45, 2.75) is 10.9 Å². The molecule has 1 N–H and O–H groups in total. The van der Waals surface area contributed by atoms with Crippen molar-refractivity contribution < 1.29 is 18.0 Å². The molecule has 0 spiro atoms. The smallest absolute Gasteiger partial charge is 0.269 e. The van der Waals surface area contributed by atoms with Gasteiger partial charge in [0.15, 0.2) is 0 Å². The average molecular weight is 406 g/mol. The number of sulfonamides is 1. The number of hydrogen-bond acceptors (Lipinski definition) is 4. The molecule has 1 aliphatic rings. The lowest BCUT2D eigenvalue weighted by Crippen LogP contribution is -2.41. The molecule has 29 heavy (non-hydrogen) atoms. The van der Waals surface area contributed by atoms with Gasteiger partial charge in [-0.1, -0.05) is 72.8 Å². The van der Waals surface area contributed by atoms with Crippen molar-refractivity contribution in [2.24, 2.45) is 0 Å². The highest BCUT2D eigenvalue weighted by Gasteiger charge is 2.42. The van der Waals surface area contributed by atoms with Gasteiger partial charge in [0.2, 0.25) is 5.91 Å². The van der Waals surface area contributed by atoms with Crippen molar-refractivity contribution in [1.82, 2.24) is 9.62 Å². The summed E-state index contributed by atoms with van der Waals surface area (Å²) in [5.74, 6) is -1.25. The third-order valence-corrected chi connectivity index (χ3v) is 6.56. The van der Waals surface area contributed by atoms with Gasteiger partial charge in [-0.05, 0) is 23.3 Å². The second kappa shape index (κ2) is 7.52. The Morgan fingerprint density at radius 3 is 1.90 bits per heavy atom. The zero-order valence-electron chi connectivity index (χ0n) is 15.4. The van der Waals surface area contributed by atoms with Crippen LogP contribution in [0, 0.1) is 0 Å². The van der Waals surface area contributed by atoms with Crippen molar-refractivity contribution in [1.29, 1.82) is 0 Å². The van der Waals surface area contributed by atoms with Gasteiger partial charge in [-0.3, -0.25) is 9.59 Å². The molecule has 1 aliphatic heterocycles. The van der Waals surface area contributed by atoms with Crippen LogP contribution in [0.3, 0.4) is 0 Å². The van der Waals surface area contributed by atoms with Crippen LogP contribution in [0.4, 0.5) is 0 Å². The second-order valence-corrected chi connectivity index (χ2v) is 8.47. The summed E-state index contributed by atoms with van der Waals surface area (Å²) in [6.45, 7) is -0.577. The fourth-order valence-electron chi connectivity index (χ4n) is 3.37. The maximum absolute atomic E-state index is 12.8. The molecule has 0 fully saturated rings. The van der Waals surface area contributed by atoms with Crippen LogP contribution in [0.1, 0.15) is 27.5 Å². The minimum atomic E-state index is -4.03. The van der Waals surface area contributed by atoms with Gasteiger partial charge in [0.05, 0.1) is 11.6 Å². The van der Waals surface area contributed by atoms with Gasteiger partial charge in [0.1, 0.15) is 11.4 Å². The third-order valence-electron chi connectivity index (χ3n) is 4.77. The van der Waals surface area contributed by atoms with Crippen LogP contribution in [0.2, 0.25) is 0 Å². The van der Waals surface area contributed by atoms with Gasteiger partial charge < -0.3 is 5.32 Å². The normalized spacial score (nSPS) is 14.7. The highest BCUT2D eigenvalue weighted by atomic mass is 32.2. The molecule has 6 nitrogen and oxygen atoms in total.